The first kappa shape index (κ1) is 21.1. The maximum atomic E-state index is 13.3. The number of carbonyl (C=O) groups excluding carboxylic acids is 2. The number of fused-ring (bicyclic) bond motifs is 3. The second-order valence-corrected chi connectivity index (χ2v) is 8.39. The predicted molar refractivity (Wildman–Crippen MR) is 117 cm³/mol. The van der Waals surface area contributed by atoms with Crippen LogP contribution in [-0.2, 0) is 16.1 Å². The van der Waals surface area contributed by atoms with Crippen molar-refractivity contribution in [1.29, 1.82) is 0 Å². The summed E-state index contributed by atoms with van der Waals surface area (Å²) in [4.78, 5) is 40.5. The molecule has 4 rings (SSSR count). The average Bonchev–Trinajstić information content (AvgIpc) is 3.22. The summed E-state index contributed by atoms with van der Waals surface area (Å²) in [7, 11) is 0. The highest BCUT2D eigenvalue weighted by molar-refractivity contribution is 5.97. The Labute approximate surface area is 180 Å². The normalized spacial score (nSPS) is 16.9. The van der Waals surface area contributed by atoms with Gasteiger partial charge in [-0.15, -0.1) is 0 Å². The fraction of sp³-hybridized carbons (Fsp3) is 0.478. The molecule has 3 heterocycles. The molecule has 0 radical (unpaired) electrons. The van der Waals surface area contributed by atoms with E-state index in [4.69, 9.17) is 4.74 Å². The lowest BCUT2D eigenvalue weighted by atomic mass is 10.0. The molecule has 1 aliphatic rings. The Bertz CT molecular complexity index is 1190. The summed E-state index contributed by atoms with van der Waals surface area (Å²) < 4.78 is 8.46. The van der Waals surface area contributed by atoms with Crippen LogP contribution in [0.25, 0.3) is 16.6 Å². The van der Waals surface area contributed by atoms with E-state index in [0.29, 0.717) is 25.0 Å². The maximum absolute atomic E-state index is 13.3. The van der Waals surface area contributed by atoms with Crippen molar-refractivity contribution in [3.05, 3.63) is 46.4 Å². The van der Waals surface area contributed by atoms with E-state index in [9.17, 15) is 14.4 Å². The molecule has 2 aromatic heterocycles. The average molecular weight is 425 g/mol. The number of benzene rings is 1. The highest BCUT2D eigenvalue weighted by atomic mass is 16.5. The minimum atomic E-state index is -0.611. The summed E-state index contributed by atoms with van der Waals surface area (Å²) in [5, 5.41) is 4.50. The van der Waals surface area contributed by atoms with Crippen LogP contribution in [0.3, 0.4) is 0 Å². The Balaban J connectivity index is 1.81. The Morgan fingerprint density at radius 1 is 1.16 bits per heavy atom. The van der Waals surface area contributed by atoms with Gasteiger partial charge in [-0.3, -0.25) is 9.59 Å². The van der Waals surface area contributed by atoms with Gasteiger partial charge in [0.2, 0.25) is 0 Å². The molecule has 8 heteroatoms. The van der Waals surface area contributed by atoms with E-state index >= 15 is 0 Å². The quantitative estimate of drug-likeness (QED) is 0.588. The molecule has 1 amide bonds. The molecule has 3 aromatic rings. The second kappa shape index (κ2) is 8.53. The molecule has 0 aliphatic carbocycles. The van der Waals surface area contributed by atoms with E-state index < -0.39 is 6.04 Å². The molecule has 0 N–H and O–H groups in total. The van der Waals surface area contributed by atoms with Gasteiger partial charge >= 0.3 is 5.97 Å². The third-order valence-corrected chi connectivity index (χ3v) is 5.66. The number of nitrogens with zero attached hydrogens (tertiary/aromatic N) is 4. The van der Waals surface area contributed by atoms with Crippen molar-refractivity contribution in [1.82, 2.24) is 19.1 Å². The zero-order valence-corrected chi connectivity index (χ0v) is 18.2. The summed E-state index contributed by atoms with van der Waals surface area (Å²) in [6.07, 6.45) is 2.25. The lowest BCUT2D eigenvalue weighted by Gasteiger charge is -2.33. The number of carbonyl (C=O) groups is 2. The van der Waals surface area contributed by atoms with E-state index in [-0.39, 0.29) is 35.7 Å². The summed E-state index contributed by atoms with van der Waals surface area (Å²) >= 11 is 0. The number of ether oxygens (including phenoxy) is 1. The smallest absolute Gasteiger partial charge is 0.328 e. The number of amides is 1. The number of aromatic nitrogens is 3. The number of esters is 1. The largest absolute Gasteiger partial charge is 0.464 e. The summed E-state index contributed by atoms with van der Waals surface area (Å²) in [6.45, 7) is 7.18. The van der Waals surface area contributed by atoms with Gasteiger partial charge in [0.05, 0.1) is 17.6 Å². The number of piperidine rings is 1. The van der Waals surface area contributed by atoms with Crippen LogP contribution in [0.1, 0.15) is 50.5 Å². The van der Waals surface area contributed by atoms with Gasteiger partial charge in [0.25, 0.3) is 11.5 Å². The Kier molecular flexibility index (Phi) is 5.80. The van der Waals surface area contributed by atoms with Crippen LogP contribution in [0.4, 0.5) is 0 Å². The molecule has 0 spiro atoms. The minimum Gasteiger partial charge on any atom is -0.464 e. The molecule has 1 aromatic carbocycles. The molecular formula is C23H28N4O4. The lowest BCUT2D eigenvalue weighted by molar-refractivity contribution is -0.149. The fourth-order valence-corrected chi connectivity index (χ4v) is 4.29. The van der Waals surface area contributed by atoms with Crippen LogP contribution in [0.2, 0.25) is 0 Å². The van der Waals surface area contributed by atoms with Gasteiger partial charge in [-0.1, -0.05) is 26.0 Å². The summed E-state index contributed by atoms with van der Waals surface area (Å²) in [6, 6.07) is 8.49. The molecule has 0 bridgehead atoms. The van der Waals surface area contributed by atoms with Crippen molar-refractivity contribution in [2.75, 3.05) is 13.2 Å². The van der Waals surface area contributed by atoms with Crippen LogP contribution in [0.15, 0.2) is 35.1 Å². The molecule has 1 fully saturated rings. The van der Waals surface area contributed by atoms with Gasteiger partial charge in [0, 0.05) is 19.2 Å². The van der Waals surface area contributed by atoms with E-state index in [0.717, 1.165) is 23.9 Å². The van der Waals surface area contributed by atoms with Gasteiger partial charge in [-0.2, -0.15) is 5.10 Å². The van der Waals surface area contributed by atoms with Gasteiger partial charge in [-0.25, -0.2) is 9.31 Å². The van der Waals surface area contributed by atoms with Gasteiger partial charge in [0.1, 0.15) is 11.6 Å². The molecule has 8 nitrogen and oxygen atoms in total. The molecule has 1 atom stereocenters. The third-order valence-electron chi connectivity index (χ3n) is 5.66. The number of hydrogen-bond donors (Lipinski definition) is 0. The predicted octanol–water partition coefficient (Wildman–Crippen LogP) is 2.86. The lowest BCUT2D eigenvalue weighted by Crippen LogP contribution is -2.48. The first-order valence-electron chi connectivity index (χ1n) is 10.9. The molecule has 1 saturated heterocycles. The highest BCUT2D eigenvalue weighted by Crippen LogP contribution is 2.22. The van der Waals surface area contributed by atoms with Gasteiger partial charge in [-0.05, 0) is 44.2 Å². The Hall–Kier alpha value is -3.16. The van der Waals surface area contributed by atoms with E-state index in [2.05, 4.69) is 18.9 Å². The third kappa shape index (κ3) is 3.82. The monoisotopic (exact) mass is 424 g/mol. The fourth-order valence-electron chi connectivity index (χ4n) is 4.29. The number of rotatable bonds is 5. The van der Waals surface area contributed by atoms with Crippen LogP contribution in [0, 0.1) is 5.92 Å². The molecular weight excluding hydrogens is 396 g/mol. The zero-order chi connectivity index (χ0) is 22.1. The molecule has 31 heavy (non-hydrogen) atoms. The molecule has 1 aliphatic heterocycles. The van der Waals surface area contributed by atoms with Crippen LogP contribution in [0.5, 0.6) is 0 Å². The molecule has 0 saturated carbocycles. The van der Waals surface area contributed by atoms with Gasteiger partial charge in [0.15, 0.2) is 5.69 Å². The van der Waals surface area contributed by atoms with E-state index in [1.165, 1.54) is 4.90 Å². The highest BCUT2D eigenvalue weighted by Gasteiger charge is 2.35. The maximum Gasteiger partial charge on any atom is 0.328 e. The van der Waals surface area contributed by atoms with Crippen LogP contribution in [-0.4, -0.2) is 50.2 Å². The molecule has 0 unspecified atom stereocenters. The van der Waals surface area contributed by atoms with Crippen LogP contribution < -0.4 is 5.56 Å². The first-order valence-corrected chi connectivity index (χ1v) is 10.9. The van der Waals surface area contributed by atoms with Crippen molar-refractivity contribution in [3.8, 4) is 0 Å². The first-order chi connectivity index (χ1) is 14.9. The van der Waals surface area contributed by atoms with Crippen molar-refractivity contribution in [3.63, 3.8) is 0 Å². The van der Waals surface area contributed by atoms with Crippen molar-refractivity contribution < 1.29 is 14.3 Å². The topological polar surface area (TPSA) is 85.9 Å². The van der Waals surface area contributed by atoms with Crippen molar-refractivity contribution in [2.24, 2.45) is 5.92 Å². The molecule has 164 valence electrons. The summed E-state index contributed by atoms with van der Waals surface area (Å²) in [5.41, 5.74) is 1.88. The van der Waals surface area contributed by atoms with Gasteiger partial charge < -0.3 is 14.2 Å². The van der Waals surface area contributed by atoms with Crippen molar-refractivity contribution >= 4 is 28.4 Å². The number of para-hydroxylation sites is 2. The minimum absolute atomic E-state index is 0.167. The standard InChI is InChI=1S/C23H28N4O4/c1-4-31-23(30)19-11-7-8-12-25(19)21(28)16-13-20-22(29)26(14-15(2)3)17-9-5-6-10-18(17)27(20)24-16/h5-6,9-10,13,15,19H,4,7-8,11-12,14H2,1-3H3/t19-/m0/s1. The summed E-state index contributed by atoms with van der Waals surface area (Å²) in [5.74, 6) is -0.448. The Morgan fingerprint density at radius 2 is 1.90 bits per heavy atom. The second-order valence-electron chi connectivity index (χ2n) is 8.39. The SMILES string of the molecule is CCOC(=O)[C@@H]1CCCCN1C(=O)c1cc2c(=O)n(CC(C)C)c3ccccc3n2n1. The van der Waals surface area contributed by atoms with Crippen molar-refractivity contribution in [2.45, 2.75) is 52.6 Å². The van der Waals surface area contributed by atoms with Crippen LogP contribution >= 0.6 is 0 Å². The van der Waals surface area contributed by atoms with E-state index in [1.54, 1.807) is 22.1 Å². The zero-order valence-electron chi connectivity index (χ0n) is 18.2. The van der Waals surface area contributed by atoms with E-state index in [1.807, 2.05) is 24.3 Å². The Morgan fingerprint density at radius 3 is 2.61 bits per heavy atom. The number of hydrogen-bond acceptors (Lipinski definition) is 5. The number of likely N-dealkylation sites (tertiary alicyclic amines) is 1.